The lowest BCUT2D eigenvalue weighted by atomic mass is 10.0. The summed E-state index contributed by atoms with van der Waals surface area (Å²) in [4.78, 5) is 4.22. The lowest BCUT2D eigenvalue weighted by Gasteiger charge is -2.38. The van der Waals surface area contributed by atoms with Crippen molar-refractivity contribution in [1.82, 2.24) is 4.90 Å². The van der Waals surface area contributed by atoms with Gasteiger partial charge in [-0.1, -0.05) is 25.1 Å². The summed E-state index contributed by atoms with van der Waals surface area (Å²) in [5.74, 6) is 1.90. The van der Waals surface area contributed by atoms with Crippen LogP contribution in [0, 0.1) is 22.7 Å². The van der Waals surface area contributed by atoms with E-state index in [1.807, 2.05) is 47.4 Å². The first-order chi connectivity index (χ1) is 14.6. The molecule has 0 radical (unpaired) electrons. The maximum absolute atomic E-state index is 9.22. The van der Waals surface area contributed by atoms with E-state index in [1.165, 1.54) is 6.42 Å². The molecule has 3 rings (SSSR count). The maximum Gasteiger partial charge on any atom is 0.198 e. The second-order valence-electron chi connectivity index (χ2n) is 7.86. The minimum atomic E-state index is 0.349. The summed E-state index contributed by atoms with van der Waals surface area (Å²) in [5, 5.41) is 18.0. The lowest BCUT2D eigenvalue weighted by molar-refractivity contribution is 0.268. The van der Waals surface area contributed by atoms with Crippen LogP contribution in [0.2, 0.25) is 0 Å². The Bertz CT molecular complexity index is 874. The first-order valence-electron chi connectivity index (χ1n) is 10.6. The van der Waals surface area contributed by atoms with Gasteiger partial charge in [0, 0.05) is 30.9 Å². The van der Waals surface area contributed by atoms with Gasteiger partial charge in [0.05, 0.1) is 11.6 Å². The van der Waals surface area contributed by atoms with Crippen molar-refractivity contribution < 1.29 is 4.74 Å². The van der Waals surface area contributed by atoms with Gasteiger partial charge in [0.1, 0.15) is 12.4 Å². The second kappa shape index (κ2) is 10.7. The van der Waals surface area contributed by atoms with Crippen molar-refractivity contribution in [2.24, 2.45) is 11.7 Å². The maximum atomic E-state index is 9.22. The predicted octanol–water partition coefficient (Wildman–Crippen LogP) is 3.96. The number of anilines is 1. The van der Waals surface area contributed by atoms with Crippen LogP contribution in [0.1, 0.15) is 37.3 Å². The third kappa shape index (κ3) is 5.52. The molecular weight excluding hydrogens is 374 g/mol. The Kier molecular flexibility index (Phi) is 7.69. The molecule has 1 fully saturated rings. The smallest absolute Gasteiger partial charge is 0.198 e. The number of nitrogens with zero attached hydrogens (tertiary/aromatic N) is 3. The molecule has 0 saturated carbocycles. The van der Waals surface area contributed by atoms with E-state index in [2.05, 4.69) is 17.9 Å². The molecule has 0 aliphatic carbocycles. The Morgan fingerprint density at radius 2 is 2.03 bits per heavy atom. The topological polar surface area (TPSA) is 89.4 Å². The van der Waals surface area contributed by atoms with E-state index in [-0.39, 0.29) is 0 Å². The highest BCUT2D eigenvalue weighted by molar-refractivity contribution is 5.94. The van der Waals surface area contributed by atoms with Gasteiger partial charge in [-0.3, -0.25) is 5.41 Å². The molecule has 1 aliphatic rings. The van der Waals surface area contributed by atoms with Crippen molar-refractivity contribution in [2.45, 2.75) is 32.8 Å². The molecule has 1 aliphatic heterocycles. The Hall–Kier alpha value is -3.04. The molecule has 0 aromatic heterocycles. The number of likely N-dealkylation sites (tertiary alicyclic amines) is 1. The van der Waals surface area contributed by atoms with Crippen LogP contribution < -0.4 is 15.4 Å². The zero-order chi connectivity index (χ0) is 21.3. The van der Waals surface area contributed by atoms with Crippen molar-refractivity contribution >= 4 is 11.6 Å². The van der Waals surface area contributed by atoms with E-state index in [0.717, 1.165) is 49.5 Å². The van der Waals surface area contributed by atoms with Crippen LogP contribution >= 0.6 is 0 Å². The number of piperidine rings is 1. The van der Waals surface area contributed by atoms with Gasteiger partial charge in [0.2, 0.25) is 0 Å². The van der Waals surface area contributed by atoms with Gasteiger partial charge in [-0.05, 0) is 62.1 Å². The highest BCUT2D eigenvalue weighted by Crippen LogP contribution is 2.24. The Labute approximate surface area is 179 Å². The molecule has 1 atom stereocenters. The van der Waals surface area contributed by atoms with Crippen molar-refractivity contribution in [1.29, 1.82) is 10.7 Å². The lowest BCUT2D eigenvalue weighted by Crippen LogP contribution is -2.48. The zero-order valence-electron chi connectivity index (χ0n) is 17.7. The SMILES string of the molecule is CC1CCCN(C(=N)N(CCCN)c2ccc(OCc3ccccc3C#N)cc2)C1. The monoisotopic (exact) mass is 405 g/mol. The molecule has 2 aromatic carbocycles. The van der Waals surface area contributed by atoms with E-state index >= 15 is 0 Å². The van der Waals surface area contributed by atoms with E-state index in [1.54, 1.807) is 6.07 Å². The van der Waals surface area contributed by atoms with E-state index < -0.39 is 0 Å². The van der Waals surface area contributed by atoms with Gasteiger partial charge in [-0.15, -0.1) is 0 Å². The molecule has 3 N–H and O–H groups in total. The summed E-state index contributed by atoms with van der Waals surface area (Å²) in [6.45, 7) is 5.77. The summed E-state index contributed by atoms with van der Waals surface area (Å²) in [7, 11) is 0. The molecule has 6 nitrogen and oxygen atoms in total. The number of benzene rings is 2. The molecule has 30 heavy (non-hydrogen) atoms. The summed E-state index contributed by atoms with van der Waals surface area (Å²) >= 11 is 0. The van der Waals surface area contributed by atoms with Crippen molar-refractivity contribution in [3.05, 3.63) is 59.7 Å². The first-order valence-corrected chi connectivity index (χ1v) is 10.6. The zero-order valence-corrected chi connectivity index (χ0v) is 17.7. The quantitative estimate of drug-likeness (QED) is 0.538. The van der Waals surface area contributed by atoms with Crippen LogP contribution in [-0.4, -0.2) is 37.0 Å². The predicted molar refractivity (Wildman–Crippen MR) is 121 cm³/mol. The standard InChI is InChI=1S/C24H31N5O/c1-19-6-4-14-28(17-19)24(27)29(15-5-13-25)22-9-11-23(12-10-22)30-18-21-8-3-2-7-20(21)16-26/h2-3,7-12,19,27H,4-6,13-15,17-18,25H2,1H3. The molecule has 6 heteroatoms. The van der Waals surface area contributed by atoms with E-state index in [4.69, 9.17) is 15.9 Å². The number of ether oxygens (including phenoxy) is 1. The fourth-order valence-corrected chi connectivity index (χ4v) is 3.80. The molecular formula is C24H31N5O. The average molecular weight is 406 g/mol. The van der Waals surface area contributed by atoms with Crippen molar-refractivity contribution in [3.63, 3.8) is 0 Å². The fourth-order valence-electron chi connectivity index (χ4n) is 3.80. The number of nitriles is 1. The number of hydrogen-bond donors (Lipinski definition) is 2. The van der Waals surface area contributed by atoms with Crippen LogP contribution in [-0.2, 0) is 6.61 Å². The summed E-state index contributed by atoms with van der Waals surface area (Å²) in [6, 6.07) is 17.5. The number of nitrogens with two attached hydrogens (primary N) is 1. The highest BCUT2D eigenvalue weighted by Gasteiger charge is 2.23. The molecule has 0 amide bonds. The van der Waals surface area contributed by atoms with Crippen LogP contribution in [0.5, 0.6) is 5.75 Å². The molecule has 1 saturated heterocycles. The summed E-state index contributed by atoms with van der Waals surface area (Å²) < 4.78 is 5.89. The second-order valence-corrected chi connectivity index (χ2v) is 7.86. The number of hydrogen-bond acceptors (Lipinski definition) is 4. The fraction of sp³-hybridized carbons (Fsp3) is 0.417. The molecule has 1 unspecified atom stereocenters. The van der Waals surface area contributed by atoms with Crippen molar-refractivity contribution in [2.75, 3.05) is 31.1 Å². The first kappa shape index (κ1) is 21.7. The summed E-state index contributed by atoms with van der Waals surface area (Å²) in [5.41, 5.74) is 8.21. The van der Waals surface area contributed by atoms with E-state index in [0.29, 0.717) is 30.6 Å². The summed E-state index contributed by atoms with van der Waals surface area (Å²) in [6.07, 6.45) is 3.19. The molecule has 158 valence electrons. The van der Waals surface area contributed by atoms with Crippen LogP contribution in [0.4, 0.5) is 5.69 Å². The Balaban J connectivity index is 1.69. The minimum absolute atomic E-state index is 0.349. The molecule has 1 heterocycles. The van der Waals surface area contributed by atoms with Gasteiger partial charge in [-0.2, -0.15) is 5.26 Å². The van der Waals surface area contributed by atoms with Gasteiger partial charge in [0.25, 0.3) is 0 Å². The third-order valence-corrected chi connectivity index (χ3v) is 5.48. The number of rotatable bonds is 7. The molecule has 0 bridgehead atoms. The molecule has 2 aromatic rings. The van der Waals surface area contributed by atoms with Crippen LogP contribution in [0.25, 0.3) is 0 Å². The van der Waals surface area contributed by atoms with Gasteiger partial charge >= 0.3 is 0 Å². The third-order valence-electron chi connectivity index (χ3n) is 5.48. The average Bonchev–Trinajstić information content (AvgIpc) is 2.78. The largest absolute Gasteiger partial charge is 0.489 e. The Morgan fingerprint density at radius 3 is 2.73 bits per heavy atom. The van der Waals surface area contributed by atoms with Gasteiger partial charge in [-0.25, -0.2) is 0 Å². The van der Waals surface area contributed by atoms with Gasteiger partial charge in [0.15, 0.2) is 5.96 Å². The molecule has 0 spiro atoms. The normalized spacial score (nSPS) is 16.0. The minimum Gasteiger partial charge on any atom is -0.489 e. The van der Waals surface area contributed by atoms with Crippen LogP contribution in [0.15, 0.2) is 48.5 Å². The number of nitrogens with one attached hydrogen (secondary N) is 1. The van der Waals surface area contributed by atoms with E-state index in [9.17, 15) is 5.26 Å². The van der Waals surface area contributed by atoms with Crippen molar-refractivity contribution in [3.8, 4) is 11.8 Å². The highest BCUT2D eigenvalue weighted by atomic mass is 16.5. The Morgan fingerprint density at radius 1 is 1.27 bits per heavy atom. The van der Waals surface area contributed by atoms with Gasteiger partial charge < -0.3 is 20.3 Å². The number of guanidine groups is 1. The van der Waals surface area contributed by atoms with Crippen LogP contribution in [0.3, 0.4) is 0 Å².